The van der Waals surface area contributed by atoms with Crippen molar-refractivity contribution in [2.45, 2.75) is 11.8 Å². The van der Waals surface area contributed by atoms with E-state index in [4.69, 9.17) is 16.3 Å². The molecule has 27 heavy (non-hydrogen) atoms. The first-order valence-electron chi connectivity index (χ1n) is 8.18. The molecule has 0 radical (unpaired) electrons. The first-order valence-corrected chi connectivity index (χ1v) is 10.0. The minimum Gasteiger partial charge on any atom is -0.495 e. The maximum atomic E-state index is 12.9. The fourth-order valence-corrected chi connectivity index (χ4v) is 4.05. The van der Waals surface area contributed by atoms with Crippen molar-refractivity contribution in [1.29, 1.82) is 0 Å². The van der Waals surface area contributed by atoms with Crippen molar-refractivity contribution >= 4 is 38.7 Å². The van der Waals surface area contributed by atoms with Crippen LogP contribution in [0.4, 0.5) is 17.1 Å². The molecule has 0 unspecified atom stereocenters. The molecule has 0 aliphatic carbocycles. The van der Waals surface area contributed by atoms with Crippen molar-refractivity contribution in [2.75, 3.05) is 17.1 Å². The van der Waals surface area contributed by atoms with Gasteiger partial charge in [-0.05, 0) is 49.4 Å². The topological polar surface area (TPSA) is 67.4 Å². The van der Waals surface area contributed by atoms with Crippen molar-refractivity contribution < 1.29 is 13.2 Å². The summed E-state index contributed by atoms with van der Waals surface area (Å²) in [6.45, 7) is 2.00. The van der Waals surface area contributed by atoms with E-state index < -0.39 is 10.0 Å². The largest absolute Gasteiger partial charge is 0.495 e. The Morgan fingerprint density at radius 1 is 0.926 bits per heavy atom. The Kier molecular flexibility index (Phi) is 5.58. The fraction of sp³-hybridized carbons (Fsp3) is 0.100. The molecule has 0 aromatic heterocycles. The molecular weight excluding hydrogens is 384 g/mol. The lowest BCUT2D eigenvalue weighted by Crippen LogP contribution is -2.15. The molecule has 0 saturated heterocycles. The number of hydrogen-bond donors (Lipinski definition) is 2. The van der Waals surface area contributed by atoms with Gasteiger partial charge in [0.05, 0.1) is 18.5 Å². The summed E-state index contributed by atoms with van der Waals surface area (Å²) >= 11 is 5.97. The van der Waals surface area contributed by atoms with Gasteiger partial charge < -0.3 is 10.1 Å². The first kappa shape index (κ1) is 19.1. The molecule has 0 heterocycles. The predicted octanol–water partition coefficient (Wildman–Crippen LogP) is 5.20. The van der Waals surface area contributed by atoms with Gasteiger partial charge in [-0.3, -0.25) is 4.72 Å². The van der Waals surface area contributed by atoms with Gasteiger partial charge in [-0.15, -0.1) is 0 Å². The highest BCUT2D eigenvalue weighted by Crippen LogP contribution is 2.31. The van der Waals surface area contributed by atoms with E-state index in [-0.39, 0.29) is 10.6 Å². The number of halogens is 1. The van der Waals surface area contributed by atoms with Crippen LogP contribution in [0, 0.1) is 6.92 Å². The van der Waals surface area contributed by atoms with Crippen LogP contribution in [-0.2, 0) is 10.0 Å². The number of methoxy groups -OCH3 is 1. The number of aryl methyl sites for hydroxylation is 1. The summed E-state index contributed by atoms with van der Waals surface area (Å²) < 4.78 is 33.6. The third-order valence-electron chi connectivity index (χ3n) is 3.92. The van der Waals surface area contributed by atoms with Crippen LogP contribution < -0.4 is 14.8 Å². The Hall–Kier alpha value is -2.70. The molecule has 3 aromatic carbocycles. The summed E-state index contributed by atoms with van der Waals surface area (Å²) in [5.41, 5.74) is 3.04. The van der Waals surface area contributed by atoms with E-state index in [2.05, 4.69) is 10.0 Å². The molecule has 0 spiro atoms. The highest BCUT2D eigenvalue weighted by Gasteiger charge is 2.21. The smallest absolute Gasteiger partial charge is 0.265 e. The summed E-state index contributed by atoms with van der Waals surface area (Å²) in [6, 6.07) is 19.3. The lowest BCUT2D eigenvalue weighted by atomic mass is 10.2. The highest BCUT2D eigenvalue weighted by atomic mass is 35.5. The third-order valence-corrected chi connectivity index (χ3v) is 5.54. The Labute approximate surface area is 164 Å². The minimum atomic E-state index is -3.90. The van der Waals surface area contributed by atoms with Crippen molar-refractivity contribution in [1.82, 2.24) is 0 Å². The Balaban J connectivity index is 1.94. The van der Waals surface area contributed by atoms with E-state index in [9.17, 15) is 8.42 Å². The average Bonchev–Trinajstić information content (AvgIpc) is 2.65. The Morgan fingerprint density at radius 3 is 2.26 bits per heavy atom. The molecule has 0 amide bonds. The van der Waals surface area contributed by atoms with E-state index in [0.29, 0.717) is 16.4 Å². The quantitative estimate of drug-likeness (QED) is 0.594. The normalized spacial score (nSPS) is 11.1. The van der Waals surface area contributed by atoms with Crippen molar-refractivity contribution in [3.05, 3.63) is 77.3 Å². The SMILES string of the molecule is COc1ccc(Cl)cc1S(=O)(=O)Nc1ccccc1Nc1ccc(C)cc1. The summed E-state index contributed by atoms with van der Waals surface area (Å²) in [4.78, 5) is -0.0253. The molecule has 7 heteroatoms. The van der Waals surface area contributed by atoms with Crippen LogP contribution in [0.5, 0.6) is 5.75 Å². The van der Waals surface area contributed by atoms with Gasteiger partial charge in [0.25, 0.3) is 10.0 Å². The number of hydrogen-bond acceptors (Lipinski definition) is 4. The number of anilines is 3. The van der Waals surface area contributed by atoms with Crippen LogP contribution in [0.25, 0.3) is 0 Å². The van der Waals surface area contributed by atoms with Crippen molar-refractivity contribution in [3.8, 4) is 5.75 Å². The molecule has 0 atom stereocenters. The molecular formula is C20H19ClN2O3S. The predicted molar refractivity (Wildman–Crippen MR) is 110 cm³/mol. The average molecular weight is 403 g/mol. The second-order valence-corrected chi connectivity index (χ2v) is 8.02. The third kappa shape index (κ3) is 4.53. The summed E-state index contributed by atoms with van der Waals surface area (Å²) in [6.07, 6.45) is 0. The zero-order valence-electron chi connectivity index (χ0n) is 14.9. The molecule has 140 valence electrons. The Bertz CT molecular complexity index is 1050. The van der Waals surface area contributed by atoms with Crippen LogP contribution >= 0.6 is 11.6 Å². The second-order valence-electron chi connectivity index (χ2n) is 5.94. The molecule has 0 fully saturated rings. The molecule has 0 aliphatic heterocycles. The van der Waals surface area contributed by atoms with Gasteiger partial charge in [-0.2, -0.15) is 0 Å². The van der Waals surface area contributed by atoms with Crippen LogP contribution in [0.15, 0.2) is 71.6 Å². The lowest BCUT2D eigenvalue weighted by Gasteiger charge is -2.16. The number of benzene rings is 3. The Morgan fingerprint density at radius 2 is 1.59 bits per heavy atom. The van der Waals surface area contributed by atoms with Gasteiger partial charge in [0.1, 0.15) is 10.6 Å². The fourth-order valence-electron chi connectivity index (χ4n) is 2.53. The summed E-state index contributed by atoms with van der Waals surface area (Å²) in [5.74, 6) is 0.218. The standard InChI is InChI=1S/C20H19ClN2O3S/c1-14-7-10-16(11-8-14)22-17-5-3-4-6-18(17)23-27(24,25)20-13-15(21)9-12-19(20)26-2/h3-13,22-23H,1-2H3. The number of ether oxygens (including phenoxy) is 1. The maximum Gasteiger partial charge on any atom is 0.265 e. The zero-order valence-corrected chi connectivity index (χ0v) is 16.4. The van der Waals surface area contributed by atoms with E-state index in [1.807, 2.05) is 37.3 Å². The number of rotatable bonds is 6. The van der Waals surface area contributed by atoms with Crippen LogP contribution in [0.2, 0.25) is 5.02 Å². The molecule has 0 saturated carbocycles. The molecule has 3 aromatic rings. The van der Waals surface area contributed by atoms with Crippen molar-refractivity contribution in [3.63, 3.8) is 0 Å². The lowest BCUT2D eigenvalue weighted by molar-refractivity contribution is 0.403. The van der Waals surface area contributed by atoms with Gasteiger partial charge in [0, 0.05) is 10.7 Å². The summed E-state index contributed by atoms with van der Waals surface area (Å²) in [5, 5.41) is 3.54. The summed E-state index contributed by atoms with van der Waals surface area (Å²) in [7, 11) is -2.49. The molecule has 0 aliphatic rings. The maximum absolute atomic E-state index is 12.9. The van der Waals surface area contributed by atoms with Gasteiger partial charge >= 0.3 is 0 Å². The van der Waals surface area contributed by atoms with Crippen LogP contribution in [-0.4, -0.2) is 15.5 Å². The zero-order chi connectivity index (χ0) is 19.4. The van der Waals surface area contributed by atoms with Gasteiger partial charge in [-0.1, -0.05) is 41.4 Å². The number of nitrogens with one attached hydrogen (secondary N) is 2. The second kappa shape index (κ2) is 7.90. The minimum absolute atomic E-state index is 0.0253. The van der Waals surface area contributed by atoms with E-state index >= 15 is 0 Å². The van der Waals surface area contributed by atoms with E-state index in [1.165, 1.54) is 19.2 Å². The van der Waals surface area contributed by atoms with Gasteiger partial charge in [0.15, 0.2) is 0 Å². The first-order chi connectivity index (χ1) is 12.9. The van der Waals surface area contributed by atoms with E-state index in [1.54, 1.807) is 24.3 Å². The molecule has 3 rings (SSSR count). The van der Waals surface area contributed by atoms with Crippen LogP contribution in [0.1, 0.15) is 5.56 Å². The van der Waals surface area contributed by atoms with Crippen LogP contribution in [0.3, 0.4) is 0 Å². The molecule has 2 N–H and O–H groups in total. The van der Waals surface area contributed by atoms with Crippen molar-refractivity contribution in [2.24, 2.45) is 0 Å². The molecule has 0 bridgehead atoms. The highest BCUT2D eigenvalue weighted by molar-refractivity contribution is 7.92. The number of para-hydroxylation sites is 2. The van der Waals surface area contributed by atoms with Gasteiger partial charge in [-0.25, -0.2) is 8.42 Å². The van der Waals surface area contributed by atoms with Gasteiger partial charge in [0.2, 0.25) is 0 Å². The number of sulfonamides is 1. The molecule has 5 nitrogen and oxygen atoms in total. The van der Waals surface area contributed by atoms with E-state index in [0.717, 1.165) is 11.3 Å². The monoisotopic (exact) mass is 402 g/mol.